The predicted octanol–water partition coefficient (Wildman–Crippen LogP) is 5.83. The summed E-state index contributed by atoms with van der Waals surface area (Å²) < 4.78 is 0. The van der Waals surface area contributed by atoms with Crippen molar-refractivity contribution in [1.82, 2.24) is 0 Å². The smallest absolute Gasteiger partial charge is 0.138 e. The lowest BCUT2D eigenvalue weighted by Gasteiger charge is -2.08. The first-order valence-electron chi connectivity index (χ1n) is 10.9. The lowest BCUT2D eigenvalue weighted by Crippen LogP contribution is -1.90. The van der Waals surface area contributed by atoms with Crippen molar-refractivity contribution in [3.8, 4) is 45.5 Å². The van der Waals surface area contributed by atoms with Crippen molar-refractivity contribution >= 4 is 5.57 Å². The van der Waals surface area contributed by atoms with Gasteiger partial charge in [-0.05, 0) is 67.8 Å². The second-order valence-corrected chi connectivity index (χ2v) is 8.20. The number of hydrogen-bond donors (Lipinski definition) is 2. The molecule has 0 radical (unpaired) electrons. The molecule has 0 amide bonds. The van der Waals surface area contributed by atoms with Crippen LogP contribution in [-0.4, -0.2) is 10.2 Å². The summed E-state index contributed by atoms with van der Waals surface area (Å²) in [7, 11) is 0. The molecule has 4 aromatic rings. The van der Waals surface area contributed by atoms with Gasteiger partial charge < -0.3 is 10.2 Å². The van der Waals surface area contributed by atoms with E-state index in [4.69, 9.17) is 0 Å². The van der Waals surface area contributed by atoms with E-state index in [9.17, 15) is 20.7 Å². The van der Waals surface area contributed by atoms with Crippen LogP contribution < -0.4 is 0 Å². The Balaban J connectivity index is 1.66. The fourth-order valence-corrected chi connectivity index (χ4v) is 4.49. The van der Waals surface area contributed by atoms with E-state index in [2.05, 4.69) is 12.1 Å². The van der Waals surface area contributed by atoms with Crippen molar-refractivity contribution in [2.45, 2.75) is 13.2 Å². The molecule has 0 atom stereocenters. The van der Waals surface area contributed by atoms with E-state index >= 15 is 0 Å². The highest BCUT2D eigenvalue weighted by atomic mass is 16.3. The van der Waals surface area contributed by atoms with Crippen LogP contribution in [-0.2, 0) is 13.2 Å². The van der Waals surface area contributed by atoms with Crippen LogP contribution >= 0.6 is 0 Å². The van der Waals surface area contributed by atoms with Crippen LogP contribution in [0.1, 0.15) is 22.3 Å². The molecule has 1 aliphatic carbocycles. The molecule has 0 aliphatic heterocycles. The molecular weight excluding hydrogens is 420 g/mol. The Labute approximate surface area is 197 Å². The Kier molecular flexibility index (Phi) is 5.54. The maximum Gasteiger partial charge on any atom is 0.138 e. The largest absolute Gasteiger partial charge is 0.392 e. The quantitative estimate of drug-likeness (QED) is 0.344. The third-order valence-electron chi connectivity index (χ3n) is 6.28. The minimum absolute atomic E-state index is 0.00851. The molecule has 0 bridgehead atoms. The van der Waals surface area contributed by atoms with E-state index in [-0.39, 0.29) is 18.8 Å². The predicted molar refractivity (Wildman–Crippen MR) is 132 cm³/mol. The van der Waals surface area contributed by atoms with Gasteiger partial charge in [-0.1, -0.05) is 72.8 Å². The zero-order chi connectivity index (χ0) is 23.7. The monoisotopic (exact) mass is 440 g/mol. The Morgan fingerprint density at radius 3 is 1.26 bits per heavy atom. The summed E-state index contributed by atoms with van der Waals surface area (Å²) in [5.74, 6) is 0. The second kappa shape index (κ2) is 8.81. The van der Waals surface area contributed by atoms with Crippen LogP contribution in [0.25, 0.3) is 39.0 Å². The molecule has 0 saturated heterocycles. The molecular formula is C30H20N2O2. The molecule has 2 N–H and O–H groups in total. The number of aliphatic hydroxyl groups is 2. The van der Waals surface area contributed by atoms with Gasteiger partial charge in [-0.25, -0.2) is 0 Å². The first-order valence-corrected chi connectivity index (χ1v) is 10.9. The summed E-state index contributed by atoms with van der Waals surface area (Å²) >= 11 is 0. The van der Waals surface area contributed by atoms with Gasteiger partial charge in [0.15, 0.2) is 0 Å². The summed E-state index contributed by atoms with van der Waals surface area (Å²) in [5, 5.41) is 38.2. The molecule has 1 aliphatic rings. The fraction of sp³-hybridized carbons (Fsp3) is 0.0667. The molecule has 4 aromatic carbocycles. The number of nitrogens with zero attached hydrogens (tertiary/aromatic N) is 2. The van der Waals surface area contributed by atoms with E-state index in [1.54, 1.807) is 0 Å². The lowest BCUT2D eigenvalue weighted by atomic mass is 9.94. The number of hydrogen-bond acceptors (Lipinski definition) is 4. The Morgan fingerprint density at radius 1 is 0.529 bits per heavy atom. The Bertz CT molecular complexity index is 1400. The van der Waals surface area contributed by atoms with E-state index in [1.165, 1.54) is 0 Å². The van der Waals surface area contributed by atoms with E-state index in [1.807, 2.05) is 84.9 Å². The number of rotatable bonds is 4. The zero-order valence-corrected chi connectivity index (χ0v) is 18.3. The molecule has 0 spiro atoms. The van der Waals surface area contributed by atoms with Gasteiger partial charge in [-0.15, -0.1) is 0 Å². The van der Waals surface area contributed by atoms with Crippen molar-refractivity contribution in [3.05, 3.63) is 113 Å². The van der Waals surface area contributed by atoms with Crippen molar-refractivity contribution in [2.24, 2.45) is 0 Å². The number of nitriles is 2. The summed E-state index contributed by atoms with van der Waals surface area (Å²) in [4.78, 5) is 0. The van der Waals surface area contributed by atoms with Crippen LogP contribution in [0, 0.1) is 22.7 Å². The van der Waals surface area contributed by atoms with Gasteiger partial charge in [-0.2, -0.15) is 10.5 Å². The molecule has 4 nitrogen and oxygen atoms in total. The zero-order valence-electron chi connectivity index (χ0n) is 18.3. The minimum Gasteiger partial charge on any atom is -0.392 e. The highest BCUT2D eigenvalue weighted by Crippen LogP contribution is 2.48. The first kappa shape index (κ1) is 21.4. The van der Waals surface area contributed by atoms with E-state index in [0.29, 0.717) is 5.57 Å². The Hall–Kier alpha value is -4.48. The molecule has 162 valence electrons. The van der Waals surface area contributed by atoms with Gasteiger partial charge in [-0.3, -0.25) is 0 Å². The van der Waals surface area contributed by atoms with Crippen LogP contribution in [0.2, 0.25) is 0 Å². The van der Waals surface area contributed by atoms with Gasteiger partial charge in [0.1, 0.15) is 17.7 Å². The lowest BCUT2D eigenvalue weighted by molar-refractivity contribution is 0.281. The average Bonchev–Trinajstić information content (AvgIpc) is 3.22. The Morgan fingerprint density at radius 2 is 0.912 bits per heavy atom. The molecule has 5 rings (SSSR count). The molecule has 0 heterocycles. The molecule has 0 unspecified atom stereocenters. The van der Waals surface area contributed by atoms with Crippen LogP contribution in [0.15, 0.2) is 90.5 Å². The molecule has 0 fully saturated rings. The van der Waals surface area contributed by atoms with E-state index < -0.39 is 0 Å². The topological polar surface area (TPSA) is 88.0 Å². The number of aliphatic hydroxyl groups excluding tert-OH is 2. The summed E-state index contributed by atoms with van der Waals surface area (Å²) in [5.41, 5.74) is 10.1. The van der Waals surface area contributed by atoms with Gasteiger partial charge >= 0.3 is 0 Å². The molecule has 34 heavy (non-hydrogen) atoms. The number of benzene rings is 4. The van der Waals surface area contributed by atoms with Crippen LogP contribution in [0.3, 0.4) is 0 Å². The summed E-state index contributed by atoms with van der Waals surface area (Å²) in [6.45, 7) is -0.0170. The second-order valence-electron chi connectivity index (χ2n) is 8.20. The van der Waals surface area contributed by atoms with Crippen LogP contribution in [0.4, 0.5) is 0 Å². The first-order chi connectivity index (χ1) is 16.7. The van der Waals surface area contributed by atoms with Crippen LogP contribution in [0.5, 0.6) is 0 Å². The average molecular weight is 441 g/mol. The van der Waals surface area contributed by atoms with Crippen molar-refractivity contribution in [2.75, 3.05) is 0 Å². The third-order valence-corrected chi connectivity index (χ3v) is 6.28. The maximum absolute atomic E-state index is 9.75. The molecule has 4 heteroatoms. The van der Waals surface area contributed by atoms with Crippen molar-refractivity contribution in [3.63, 3.8) is 0 Å². The SMILES string of the molecule is N#CC(C#N)=C1c2cc(-c3ccc(CO)cc3)ccc2-c2ccc(-c3ccc(CO)cc3)cc21. The van der Waals surface area contributed by atoms with Gasteiger partial charge in [0.2, 0.25) is 0 Å². The normalized spacial score (nSPS) is 11.4. The van der Waals surface area contributed by atoms with Gasteiger partial charge in [0.05, 0.1) is 13.2 Å². The number of allylic oxidation sites excluding steroid dienone is 1. The molecule has 0 saturated carbocycles. The van der Waals surface area contributed by atoms with Gasteiger partial charge in [0.25, 0.3) is 0 Å². The highest BCUT2D eigenvalue weighted by molar-refractivity contribution is 6.05. The van der Waals surface area contributed by atoms with Gasteiger partial charge in [0, 0.05) is 5.57 Å². The fourth-order valence-electron chi connectivity index (χ4n) is 4.49. The third kappa shape index (κ3) is 3.58. The van der Waals surface area contributed by atoms with Crippen molar-refractivity contribution < 1.29 is 10.2 Å². The highest BCUT2D eigenvalue weighted by Gasteiger charge is 2.27. The maximum atomic E-state index is 9.75. The minimum atomic E-state index is -0.00851. The van der Waals surface area contributed by atoms with E-state index in [0.717, 1.165) is 55.6 Å². The summed E-state index contributed by atoms with van der Waals surface area (Å²) in [6.07, 6.45) is 0. The number of fused-ring (bicyclic) bond motifs is 3. The van der Waals surface area contributed by atoms with Crippen molar-refractivity contribution in [1.29, 1.82) is 10.5 Å². The summed E-state index contributed by atoms with van der Waals surface area (Å²) in [6, 6.07) is 31.8. The standard InChI is InChI=1S/C30H20N2O2/c31-15-25(16-32)30-28-13-23(21-5-1-19(17-33)2-6-21)9-11-26(28)27-12-10-24(14-29(27)30)22-7-3-20(18-34)4-8-22/h1-14,33-34H,17-18H2. The molecule has 0 aromatic heterocycles.